The molecule has 1 fully saturated rings. The Morgan fingerprint density at radius 3 is 2.76 bits per heavy atom. The Labute approximate surface area is 126 Å². The van der Waals surface area contributed by atoms with Gasteiger partial charge in [-0.25, -0.2) is 0 Å². The maximum Gasteiger partial charge on any atom is 0.238 e. The summed E-state index contributed by atoms with van der Waals surface area (Å²) in [5.41, 5.74) is 6.82. The van der Waals surface area contributed by atoms with Gasteiger partial charge in [-0.05, 0) is 50.6 Å². The van der Waals surface area contributed by atoms with Crippen molar-refractivity contribution in [2.24, 2.45) is 5.73 Å². The number of nitrogens with zero attached hydrogens (tertiary/aromatic N) is 1. The third kappa shape index (κ3) is 4.44. The molecule has 0 spiro atoms. The van der Waals surface area contributed by atoms with E-state index in [0.29, 0.717) is 12.6 Å². The summed E-state index contributed by atoms with van der Waals surface area (Å²) in [4.78, 5) is 14.4. The highest BCUT2D eigenvalue weighted by molar-refractivity contribution is 5.92. The first-order valence-corrected chi connectivity index (χ1v) is 7.53. The summed E-state index contributed by atoms with van der Waals surface area (Å²) in [6.45, 7) is 3.37. The molecule has 5 heteroatoms. The summed E-state index contributed by atoms with van der Waals surface area (Å²) in [7, 11) is 1.62. The number of nitrogens with two attached hydrogens (primary N) is 1. The predicted molar refractivity (Wildman–Crippen MR) is 84.5 cm³/mol. The molecule has 1 aromatic carbocycles. The maximum absolute atomic E-state index is 12.2. The Balaban J connectivity index is 1.90. The second kappa shape index (κ2) is 7.43. The minimum atomic E-state index is 0.00715. The second-order valence-corrected chi connectivity index (χ2v) is 5.67. The molecule has 1 aliphatic rings. The van der Waals surface area contributed by atoms with E-state index in [0.717, 1.165) is 30.8 Å². The van der Waals surface area contributed by atoms with Crippen molar-refractivity contribution in [1.82, 2.24) is 4.90 Å². The molecule has 1 heterocycles. The van der Waals surface area contributed by atoms with Crippen LogP contribution in [0.15, 0.2) is 24.3 Å². The van der Waals surface area contributed by atoms with Gasteiger partial charge in [0.1, 0.15) is 5.75 Å². The lowest BCUT2D eigenvalue weighted by molar-refractivity contribution is -0.118. The summed E-state index contributed by atoms with van der Waals surface area (Å²) >= 11 is 0. The first-order valence-electron chi connectivity index (χ1n) is 7.53. The van der Waals surface area contributed by atoms with Gasteiger partial charge in [-0.3, -0.25) is 9.69 Å². The lowest BCUT2D eigenvalue weighted by atomic mass is 9.97. The fourth-order valence-electron chi connectivity index (χ4n) is 2.87. The summed E-state index contributed by atoms with van der Waals surface area (Å²) in [6, 6.07) is 7.76. The van der Waals surface area contributed by atoms with Gasteiger partial charge in [-0.15, -0.1) is 0 Å². The highest BCUT2D eigenvalue weighted by atomic mass is 16.5. The zero-order chi connectivity index (χ0) is 15.2. The zero-order valence-corrected chi connectivity index (χ0v) is 12.8. The number of likely N-dealkylation sites (tertiary alicyclic amines) is 1. The number of piperidine rings is 1. The van der Waals surface area contributed by atoms with Gasteiger partial charge in [-0.1, -0.05) is 6.42 Å². The molecule has 0 radical (unpaired) electrons. The number of hydrogen-bond acceptors (Lipinski definition) is 4. The van der Waals surface area contributed by atoms with Gasteiger partial charge in [0.2, 0.25) is 5.91 Å². The van der Waals surface area contributed by atoms with Crippen molar-refractivity contribution in [2.75, 3.05) is 25.5 Å². The molecule has 5 nitrogen and oxygen atoms in total. The number of methoxy groups -OCH3 is 1. The normalized spacial score (nSPS) is 20.8. The predicted octanol–water partition coefficient (Wildman–Crippen LogP) is 1.84. The van der Waals surface area contributed by atoms with Crippen molar-refractivity contribution < 1.29 is 9.53 Å². The fourth-order valence-corrected chi connectivity index (χ4v) is 2.87. The number of carbonyl (C=O) groups excluding carboxylic acids is 1. The van der Waals surface area contributed by atoms with Crippen LogP contribution in [0.5, 0.6) is 5.75 Å². The average Bonchev–Trinajstić information content (AvgIpc) is 2.48. The molecule has 0 saturated carbocycles. The van der Waals surface area contributed by atoms with E-state index < -0.39 is 0 Å². The van der Waals surface area contributed by atoms with Crippen LogP contribution in [0.2, 0.25) is 0 Å². The summed E-state index contributed by atoms with van der Waals surface area (Å²) < 4.78 is 5.10. The first kappa shape index (κ1) is 15.8. The van der Waals surface area contributed by atoms with E-state index in [4.69, 9.17) is 10.5 Å². The molecule has 1 saturated heterocycles. The zero-order valence-electron chi connectivity index (χ0n) is 12.8. The third-order valence-corrected chi connectivity index (χ3v) is 3.99. The molecule has 2 atom stereocenters. The monoisotopic (exact) mass is 291 g/mol. The van der Waals surface area contributed by atoms with Crippen molar-refractivity contribution in [1.29, 1.82) is 0 Å². The Bertz CT molecular complexity index is 459. The van der Waals surface area contributed by atoms with Gasteiger partial charge in [0.15, 0.2) is 0 Å². The molecule has 1 amide bonds. The van der Waals surface area contributed by atoms with Crippen LogP contribution in [0.4, 0.5) is 5.69 Å². The van der Waals surface area contributed by atoms with Crippen LogP contribution in [0.1, 0.15) is 26.2 Å². The number of ether oxygens (including phenoxy) is 1. The molecule has 0 aromatic heterocycles. The largest absolute Gasteiger partial charge is 0.497 e. The van der Waals surface area contributed by atoms with E-state index in [2.05, 4.69) is 10.2 Å². The van der Waals surface area contributed by atoms with E-state index in [1.165, 1.54) is 6.42 Å². The quantitative estimate of drug-likeness (QED) is 0.868. The fraction of sp³-hybridized carbons (Fsp3) is 0.562. The first-order chi connectivity index (χ1) is 10.1. The standard InChI is InChI=1S/C16H25N3O2/c1-12(17)15-5-3-4-10-19(15)11-16(20)18-13-6-8-14(21-2)9-7-13/h6-9,12,15H,3-5,10-11,17H2,1-2H3,(H,18,20). The van der Waals surface area contributed by atoms with Gasteiger partial charge in [0.25, 0.3) is 0 Å². The Morgan fingerprint density at radius 2 is 2.14 bits per heavy atom. The van der Waals surface area contributed by atoms with Crippen LogP contribution in [0.25, 0.3) is 0 Å². The number of anilines is 1. The second-order valence-electron chi connectivity index (χ2n) is 5.67. The van der Waals surface area contributed by atoms with Gasteiger partial charge in [-0.2, -0.15) is 0 Å². The SMILES string of the molecule is COc1ccc(NC(=O)CN2CCCCC2C(C)N)cc1. The number of amides is 1. The van der Waals surface area contributed by atoms with E-state index in [1.807, 2.05) is 31.2 Å². The van der Waals surface area contributed by atoms with E-state index in [-0.39, 0.29) is 11.9 Å². The molecular formula is C16H25N3O2. The molecule has 0 bridgehead atoms. The molecule has 1 aliphatic heterocycles. The minimum Gasteiger partial charge on any atom is -0.497 e. The molecule has 116 valence electrons. The highest BCUT2D eigenvalue weighted by Gasteiger charge is 2.26. The van der Waals surface area contributed by atoms with Crippen LogP contribution in [-0.4, -0.2) is 43.1 Å². The number of hydrogen-bond donors (Lipinski definition) is 2. The van der Waals surface area contributed by atoms with Gasteiger partial charge < -0.3 is 15.8 Å². The van der Waals surface area contributed by atoms with Gasteiger partial charge in [0, 0.05) is 17.8 Å². The summed E-state index contributed by atoms with van der Waals surface area (Å²) in [5.74, 6) is 0.786. The van der Waals surface area contributed by atoms with Crippen LogP contribution >= 0.6 is 0 Å². The molecule has 2 unspecified atom stereocenters. The molecule has 1 aromatic rings. The molecule has 0 aliphatic carbocycles. The Morgan fingerprint density at radius 1 is 1.43 bits per heavy atom. The van der Waals surface area contributed by atoms with Crippen LogP contribution < -0.4 is 15.8 Å². The third-order valence-electron chi connectivity index (χ3n) is 3.99. The van der Waals surface area contributed by atoms with Crippen molar-refractivity contribution in [3.05, 3.63) is 24.3 Å². The van der Waals surface area contributed by atoms with Crippen LogP contribution in [-0.2, 0) is 4.79 Å². The van der Waals surface area contributed by atoms with Gasteiger partial charge >= 0.3 is 0 Å². The van der Waals surface area contributed by atoms with Crippen molar-refractivity contribution in [2.45, 2.75) is 38.3 Å². The van der Waals surface area contributed by atoms with Gasteiger partial charge in [0.05, 0.1) is 13.7 Å². The number of nitrogens with one attached hydrogen (secondary N) is 1. The van der Waals surface area contributed by atoms with Crippen molar-refractivity contribution in [3.8, 4) is 5.75 Å². The maximum atomic E-state index is 12.2. The van der Waals surface area contributed by atoms with Crippen LogP contribution in [0.3, 0.4) is 0 Å². The average molecular weight is 291 g/mol. The van der Waals surface area contributed by atoms with E-state index in [9.17, 15) is 4.79 Å². The van der Waals surface area contributed by atoms with E-state index >= 15 is 0 Å². The highest BCUT2D eigenvalue weighted by Crippen LogP contribution is 2.19. The number of benzene rings is 1. The lowest BCUT2D eigenvalue weighted by Crippen LogP contribution is -2.51. The van der Waals surface area contributed by atoms with Crippen LogP contribution in [0, 0.1) is 0 Å². The molecule has 2 rings (SSSR count). The number of rotatable bonds is 5. The Kier molecular flexibility index (Phi) is 5.59. The molecule has 21 heavy (non-hydrogen) atoms. The minimum absolute atomic E-state index is 0.00715. The summed E-state index contributed by atoms with van der Waals surface area (Å²) in [6.07, 6.45) is 3.41. The smallest absolute Gasteiger partial charge is 0.238 e. The van der Waals surface area contributed by atoms with Crippen molar-refractivity contribution >= 4 is 11.6 Å². The molecular weight excluding hydrogens is 266 g/mol. The Hall–Kier alpha value is -1.59. The van der Waals surface area contributed by atoms with Crippen molar-refractivity contribution in [3.63, 3.8) is 0 Å². The van der Waals surface area contributed by atoms with E-state index in [1.54, 1.807) is 7.11 Å². The summed E-state index contributed by atoms with van der Waals surface area (Å²) in [5, 5.41) is 2.92. The number of carbonyl (C=O) groups is 1. The lowest BCUT2D eigenvalue weighted by Gasteiger charge is -2.37. The topological polar surface area (TPSA) is 67.6 Å². The molecule has 3 N–H and O–H groups in total.